The molecule has 6 heteroatoms. The minimum Gasteiger partial charge on any atom is -0.313 e. The first-order chi connectivity index (χ1) is 8.07. The standard InChI is InChI=1S/C11H23N3O2S/c1-14-7-3-5-11(14)8-13-17(15,16)9-10-4-2-6-12-10/h10-13H,2-9H2,1H3. The molecule has 0 spiro atoms. The normalized spacial score (nSPS) is 31.1. The van der Waals surface area contributed by atoms with Crippen LogP contribution in [-0.2, 0) is 10.0 Å². The van der Waals surface area contributed by atoms with Gasteiger partial charge in [0.2, 0.25) is 10.0 Å². The van der Waals surface area contributed by atoms with Gasteiger partial charge in [0.1, 0.15) is 0 Å². The molecule has 2 atom stereocenters. The van der Waals surface area contributed by atoms with Crippen molar-refractivity contribution in [3.05, 3.63) is 0 Å². The average Bonchev–Trinajstić information content (AvgIpc) is 2.87. The van der Waals surface area contributed by atoms with E-state index >= 15 is 0 Å². The molecule has 100 valence electrons. The number of likely N-dealkylation sites (tertiary alicyclic amines) is 1. The molecule has 2 heterocycles. The fourth-order valence-corrected chi connectivity index (χ4v) is 4.06. The molecule has 2 saturated heterocycles. The van der Waals surface area contributed by atoms with Crippen LogP contribution in [0.5, 0.6) is 0 Å². The summed E-state index contributed by atoms with van der Waals surface area (Å²) in [6, 6.07) is 0.523. The van der Waals surface area contributed by atoms with Crippen molar-refractivity contribution in [2.24, 2.45) is 0 Å². The van der Waals surface area contributed by atoms with Gasteiger partial charge in [-0.05, 0) is 45.8 Å². The fourth-order valence-electron chi connectivity index (χ4n) is 2.68. The molecule has 5 nitrogen and oxygen atoms in total. The first-order valence-corrected chi connectivity index (χ1v) is 8.13. The second-order valence-electron chi connectivity index (χ2n) is 5.20. The van der Waals surface area contributed by atoms with Crippen LogP contribution in [0.1, 0.15) is 25.7 Å². The molecule has 2 unspecified atom stereocenters. The quantitative estimate of drug-likeness (QED) is 0.716. The number of hydrogen-bond acceptors (Lipinski definition) is 4. The van der Waals surface area contributed by atoms with E-state index in [1.54, 1.807) is 0 Å². The van der Waals surface area contributed by atoms with Crippen LogP contribution in [-0.4, -0.2) is 57.8 Å². The van der Waals surface area contributed by atoms with Gasteiger partial charge in [0.05, 0.1) is 5.75 Å². The van der Waals surface area contributed by atoms with Crippen LogP contribution in [0.3, 0.4) is 0 Å². The summed E-state index contributed by atoms with van der Waals surface area (Å²) in [6.07, 6.45) is 4.34. The molecule has 0 bridgehead atoms. The molecule has 2 aliphatic rings. The Kier molecular flexibility index (Phi) is 4.41. The summed E-state index contributed by atoms with van der Waals surface area (Å²) in [5, 5.41) is 3.22. The Balaban J connectivity index is 1.76. The van der Waals surface area contributed by atoms with Crippen molar-refractivity contribution < 1.29 is 8.42 Å². The Morgan fingerprint density at radius 1 is 1.35 bits per heavy atom. The number of rotatable bonds is 5. The third-order valence-corrected chi connectivity index (χ3v) is 5.24. The lowest BCUT2D eigenvalue weighted by Crippen LogP contribution is -2.42. The van der Waals surface area contributed by atoms with Crippen LogP contribution in [0.25, 0.3) is 0 Å². The summed E-state index contributed by atoms with van der Waals surface area (Å²) in [6.45, 7) is 2.59. The van der Waals surface area contributed by atoms with Crippen molar-refractivity contribution in [3.8, 4) is 0 Å². The van der Waals surface area contributed by atoms with Crippen LogP contribution in [0.15, 0.2) is 0 Å². The Hall–Kier alpha value is -0.170. The van der Waals surface area contributed by atoms with Gasteiger partial charge in [-0.25, -0.2) is 13.1 Å². The molecule has 0 aromatic carbocycles. The highest BCUT2D eigenvalue weighted by Crippen LogP contribution is 2.14. The van der Waals surface area contributed by atoms with E-state index in [1.165, 1.54) is 6.42 Å². The van der Waals surface area contributed by atoms with E-state index in [2.05, 4.69) is 22.0 Å². The molecule has 0 saturated carbocycles. The minimum absolute atomic E-state index is 0.147. The number of nitrogens with one attached hydrogen (secondary N) is 2. The van der Waals surface area contributed by atoms with Crippen LogP contribution in [0, 0.1) is 0 Å². The lowest BCUT2D eigenvalue weighted by molar-refractivity contribution is 0.310. The summed E-state index contributed by atoms with van der Waals surface area (Å²) in [7, 11) is -1.06. The molecule has 17 heavy (non-hydrogen) atoms. The van der Waals surface area contributed by atoms with Crippen LogP contribution in [0.4, 0.5) is 0 Å². The largest absolute Gasteiger partial charge is 0.313 e. The summed E-state index contributed by atoms with van der Waals surface area (Å²) in [4.78, 5) is 2.23. The van der Waals surface area contributed by atoms with Gasteiger partial charge in [-0.2, -0.15) is 0 Å². The third-order valence-electron chi connectivity index (χ3n) is 3.79. The van der Waals surface area contributed by atoms with Gasteiger partial charge in [-0.3, -0.25) is 0 Å². The number of hydrogen-bond donors (Lipinski definition) is 2. The molecular formula is C11H23N3O2S. The maximum absolute atomic E-state index is 11.9. The highest BCUT2D eigenvalue weighted by atomic mass is 32.2. The van der Waals surface area contributed by atoms with Crippen LogP contribution in [0.2, 0.25) is 0 Å². The molecule has 2 aliphatic heterocycles. The van der Waals surface area contributed by atoms with Crippen LogP contribution < -0.4 is 10.0 Å². The van der Waals surface area contributed by atoms with E-state index in [4.69, 9.17) is 0 Å². The molecule has 2 fully saturated rings. The second kappa shape index (κ2) is 5.65. The third kappa shape index (κ3) is 3.91. The van der Waals surface area contributed by atoms with Crippen molar-refractivity contribution in [1.29, 1.82) is 0 Å². The minimum atomic E-state index is -3.12. The smallest absolute Gasteiger partial charge is 0.213 e. The monoisotopic (exact) mass is 261 g/mol. The van der Waals surface area contributed by atoms with Crippen molar-refractivity contribution in [1.82, 2.24) is 14.9 Å². The first-order valence-electron chi connectivity index (χ1n) is 6.48. The lowest BCUT2D eigenvalue weighted by atomic mass is 10.2. The maximum atomic E-state index is 11.9. The van der Waals surface area contributed by atoms with Crippen LogP contribution >= 0.6 is 0 Å². The van der Waals surface area contributed by atoms with E-state index < -0.39 is 10.0 Å². The molecule has 0 amide bonds. The summed E-state index contributed by atoms with van der Waals surface area (Å²) in [5.41, 5.74) is 0. The van der Waals surface area contributed by atoms with Crippen molar-refractivity contribution in [2.45, 2.75) is 37.8 Å². The van der Waals surface area contributed by atoms with E-state index in [-0.39, 0.29) is 11.8 Å². The fraction of sp³-hybridized carbons (Fsp3) is 1.00. The summed E-state index contributed by atoms with van der Waals surface area (Å²) >= 11 is 0. The lowest BCUT2D eigenvalue weighted by Gasteiger charge is -2.20. The van der Waals surface area contributed by atoms with Crippen molar-refractivity contribution in [3.63, 3.8) is 0 Å². The zero-order chi connectivity index (χ0) is 12.3. The topological polar surface area (TPSA) is 61.4 Å². The summed E-state index contributed by atoms with van der Waals surface area (Å²) in [5.74, 6) is 0.226. The van der Waals surface area contributed by atoms with E-state index in [9.17, 15) is 8.42 Å². The first kappa shape index (κ1) is 13.3. The molecule has 2 rings (SSSR count). The van der Waals surface area contributed by atoms with Gasteiger partial charge in [0.25, 0.3) is 0 Å². The Morgan fingerprint density at radius 3 is 2.76 bits per heavy atom. The number of nitrogens with zero attached hydrogens (tertiary/aromatic N) is 1. The van der Waals surface area contributed by atoms with E-state index in [0.717, 1.165) is 32.4 Å². The molecule has 0 aromatic heterocycles. The molecule has 0 aliphatic carbocycles. The highest BCUT2D eigenvalue weighted by molar-refractivity contribution is 7.89. The summed E-state index contributed by atoms with van der Waals surface area (Å²) < 4.78 is 26.5. The molecule has 0 aromatic rings. The van der Waals surface area contributed by atoms with Crippen molar-refractivity contribution in [2.75, 3.05) is 32.4 Å². The predicted molar refractivity (Wildman–Crippen MR) is 68.5 cm³/mol. The van der Waals surface area contributed by atoms with Gasteiger partial charge >= 0.3 is 0 Å². The Bertz CT molecular complexity index is 339. The highest BCUT2D eigenvalue weighted by Gasteiger charge is 2.25. The van der Waals surface area contributed by atoms with E-state index in [1.807, 2.05) is 0 Å². The van der Waals surface area contributed by atoms with Gasteiger partial charge in [-0.15, -0.1) is 0 Å². The zero-order valence-electron chi connectivity index (χ0n) is 10.5. The zero-order valence-corrected chi connectivity index (χ0v) is 11.3. The Labute approximate surface area is 104 Å². The van der Waals surface area contributed by atoms with Gasteiger partial charge in [0, 0.05) is 18.6 Å². The van der Waals surface area contributed by atoms with Gasteiger partial charge in [-0.1, -0.05) is 0 Å². The maximum Gasteiger partial charge on any atom is 0.213 e. The Morgan fingerprint density at radius 2 is 2.18 bits per heavy atom. The van der Waals surface area contributed by atoms with Gasteiger partial charge in [0.15, 0.2) is 0 Å². The molecule has 0 radical (unpaired) electrons. The molecule has 2 N–H and O–H groups in total. The second-order valence-corrected chi connectivity index (χ2v) is 7.05. The number of sulfonamides is 1. The SMILES string of the molecule is CN1CCCC1CNS(=O)(=O)CC1CCCN1. The van der Waals surface area contributed by atoms with Gasteiger partial charge < -0.3 is 10.2 Å². The molecular weight excluding hydrogens is 238 g/mol. The number of likely N-dealkylation sites (N-methyl/N-ethyl adjacent to an activating group) is 1. The van der Waals surface area contributed by atoms with Crippen molar-refractivity contribution >= 4 is 10.0 Å². The predicted octanol–water partition coefficient (Wildman–Crippen LogP) is -0.248. The average molecular weight is 261 g/mol. The van der Waals surface area contributed by atoms with E-state index in [0.29, 0.717) is 12.6 Å².